The van der Waals surface area contributed by atoms with E-state index in [1.54, 1.807) is 11.9 Å². The van der Waals surface area contributed by atoms with Crippen molar-refractivity contribution in [3.05, 3.63) is 29.8 Å². The van der Waals surface area contributed by atoms with Crippen LogP contribution in [0.3, 0.4) is 0 Å². The van der Waals surface area contributed by atoms with E-state index in [9.17, 15) is 4.79 Å². The minimum absolute atomic E-state index is 0.0541. The summed E-state index contributed by atoms with van der Waals surface area (Å²) >= 11 is 0. The van der Waals surface area contributed by atoms with E-state index < -0.39 is 0 Å². The molecule has 0 radical (unpaired) electrons. The third-order valence-electron chi connectivity index (χ3n) is 2.72. The maximum absolute atomic E-state index is 11.8. The number of fused-ring (bicyclic) bond motifs is 1. The summed E-state index contributed by atoms with van der Waals surface area (Å²) < 4.78 is 0. The second kappa shape index (κ2) is 3.42. The second-order valence-corrected chi connectivity index (χ2v) is 3.52. The SMILES string of the molecule is CN1C(=O)[C@H](CCO)c2ccccc21. The Morgan fingerprint density at radius 2 is 2.14 bits per heavy atom. The Morgan fingerprint density at radius 3 is 2.86 bits per heavy atom. The van der Waals surface area contributed by atoms with Crippen molar-refractivity contribution in [1.29, 1.82) is 0 Å². The molecule has 1 atom stereocenters. The van der Waals surface area contributed by atoms with Crippen LogP contribution in [0, 0.1) is 0 Å². The van der Waals surface area contributed by atoms with Crippen LogP contribution in [-0.2, 0) is 4.79 Å². The lowest BCUT2D eigenvalue weighted by atomic mass is 9.98. The number of benzene rings is 1. The Balaban J connectivity index is 2.42. The molecular formula is C11H13NO2. The van der Waals surface area contributed by atoms with Gasteiger partial charge in [-0.3, -0.25) is 4.79 Å². The Kier molecular flexibility index (Phi) is 2.25. The minimum atomic E-state index is -0.152. The minimum Gasteiger partial charge on any atom is -0.396 e. The summed E-state index contributed by atoms with van der Waals surface area (Å²) in [5.41, 5.74) is 2.00. The molecule has 0 bridgehead atoms. The summed E-state index contributed by atoms with van der Waals surface area (Å²) in [7, 11) is 1.78. The van der Waals surface area contributed by atoms with Gasteiger partial charge in [-0.25, -0.2) is 0 Å². The van der Waals surface area contributed by atoms with Gasteiger partial charge >= 0.3 is 0 Å². The van der Waals surface area contributed by atoms with Crippen LogP contribution in [0.25, 0.3) is 0 Å². The number of carbonyl (C=O) groups is 1. The van der Waals surface area contributed by atoms with Gasteiger partial charge in [-0.1, -0.05) is 18.2 Å². The van der Waals surface area contributed by atoms with E-state index >= 15 is 0 Å². The number of hydrogen-bond acceptors (Lipinski definition) is 2. The standard InChI is InChI=1S/C11H13NO2/c1-12-10-5-3-2-4-8(10)9(6-7-13)11(12)14/h2-5,9,13H,6-7H2,1H3/t9-/m1/s1. The van der Waals surface area contributed by atoms with E-state index in [2.05, 4.69) is 0 Å². The van der Waals surface area contributed by atoms with Crippen LogP contribution >= 0.6 is 0 Å². The topological polar surface area (TPSA) is 40.5 Å². The van der Waals surface area contributed by atoms with Crippen LogP contribution in [0.1, 0.15) is 17.9 Å². The van der Waals surface area contributed by atoms with Gasteiger partial charge in [0.2, 0.25) is 5.91 Å². The van der Waals surface area contributed by atoms with Crippen LogP contribution in [0.15, 0.2) is 24.3 Å². The summed E-state index contributed by atoms with van der Waals surface area (Å²) in [5, 5.41) is 8.89. The number of aliphatic hydroxyl groups is 1. The van der Waals surface area contributed by atoms with E-state index in [4.69, 9.17) is 5.11 Å². The van der Waals surface area contributed by atoms with E-state index in [1.807, 2.05) is 24.3 Å². The van der Waals surface area contributed by atoms with Gasteiger partial charge in [-0.05, 0) is 18.1 Å². The molecule has 0 saturated heterocycles. The van der Waals surface area contributed by atoms with E-state index in [0.717, 1.165) is 11.3 Å². The first-order chi connectivity index (χ1) is 6.75. The molecule has 1 N–H and O–H groups in total. The number of hydrogen-bond donors (Lipinski definition) is 1. The molecule has 0 spiro atoms. The molecule has 3 heteroatoms. The molecule has 0 unspecified atom stereocenters. The van der Waals surface area contributed by atoms with Gasteiger partial charge in [0.1, 0.15) is 0 Å². The zero-order valence-corrected chi connectivity index (χ0v) is 8.10. The van der Waals surface area contributed by atoms with Gasteiger partial charge in [0.15, 0.2) is 0 Å². The number of para-hydroxylation sites is 1. The number of likely N-dealkylation sites (N-methyl/N-ethyl adjacent to an activating group) is 1. The number of aliphatic hydroxyl groups excluding tert-OH is 1. The van der Waals surface area contributed by atoms with Crippen molar-refractivity contribution in [1.82, 2.24) is 0 Å². The smallest absolute Gasteiger partial charge is 0.234 e. The van der Waals surface area contributed by atoms with Crippen molar-refractivity contribution in [2.45, 2.75) is 12.3 Å². The predicted molar refractivity (Wildman–Crippen MR) is 54.3 cm³/mol. The molecule has 0 saturated carbocycles. The molecule has 0 fully saturated rings. The van der Waals surface area contributed by atoms with Crippen molar-refractivity contribution >= 4 is 11.6 Å². The maximum Gasteiger partial charge on any atom is 0.234 e. The third kappa shape index (κ3) is 1.21. The molecule has 2 rings (SSSR count). The van der Waals surface area contributed by atoms with Crippen molar-refractivity contribution in [2.75, 3.05) is 18.6 Å². The molecule has 0 aliphatic carbocycles. The van der Waals surface area contributed by atoms with Crippen LogP contribution in [0.4, 0.5) is 5.69 Å². The summed E-state index contributed by atoms with van der Waals surface area (Å²) in [4.78, 5) is 13.4. The molecule has 1 aliphatic rings. The van der Waals surface area contributed by atoms with Gasteiger partial charge in [0.25, 0.3) is 0 Å². The molecule has 14 heavy (non-hydrogen) atoms. The lowest BCUT2D eigenvalue weighted by Crippen LogP contribution is -2.24. The normalized spacial score (nSPS) is 20.0. The summed E-state index contributed by atoms with van der Waals surface area (Å²) in [6.45, 7) is 0.0541. The average Bonchev–Trinajstić information content (AvgIpc) is 2.45. The lowest BCUT2D eigenvalue weighted by Gasteiger charge is -2.09. The van der Waals surface area contributed by atoms with E-state index in [0.29, 0.717) is 6.42 Å². The third-order valence-corrected chi connectivity index (χ3v) is 2.72. The van der Waals surface area contributed by atoms with Crippen molar-refractivity contribution in [2.24, 2.45) is 0 Å². The second-order valence-electron chi connectivity index (χ2n) is 3.52. The maximum atomic E-state index is 11.8. The summed E-state index contributed by atoms with van der Waals surface area (Å²) in [5.74, 6) is -0.0681. The first-order valence-electron chi connectivity index (χ1n) is 4.73. The number of anilines is 1. The lowest BCUT2D eigenvalue weighted by molar-refractivity contribution is -0.119. The van der Waals surface area contributed by atoms with Gasteiger partial charge < -0.3 is 10.0 Å². The predicted octanol–water partition coefficient (Wildman–Crippen LogP) is 1.13. The van der Waals surface area contributed by atoms with Gasteiger partial charge in [-0.2, -0.15) is 0 Å². The molecule has 1 amide bonds. The molecule has 1 aromatic rings. The highest BCUT2D eigenvalue weighted by Gasteiger charge is 2.33. The fourth-order valence-corrected chi connectivity index (χ4v) is 1.98. The van der Waals surface area contributed by atoms with Gasteiger partial charge in [0.05, 0.1) is 5.92 Å². The molecule has 1 aromatic carbocycles. The average molecular weight is 191 g/mol. The molecule has 1 aliphatic heterocycles. The highest BCUT2D eigenvalue weighted by Crippen LogP contribution is 2.37. The van der Waals surface area contributed by atoms with Crippen LogP contribution < -0.4 is 4.90 Å². The Labute approximate surface area is 83.0 Å². The van der Waals surface area contributed by atoms with Gasteiger partial charge in [-0.15, -0.1) is 0 Å². The molecule has 74 valence electrons. The Morgan fingerprint density at radius 1 is 1.43 bits per heavy atom. The molecule has 1 heterocycles. The molecule has 3 nitrogen and oxygen atoms in total. The van der Waals surface area contributed by atoms with E-state index in [1.165, 1.54) is 0 Å². The number of nitrogens with zero attached hydrogens (tertiary/aromatic N) is 1. The van der Waals surface area contributed by atoms with Crippen LogP contribution in [0.5, 0.6) is 0 Å². The van der Waals surface area contributed by atoms with Crippen LogP contribution in [-0.4, -0.2) is 24.7 Å². The van der Waals surface area contributed by atoms with Crippen molar-refractivity contribution < 1.29 is 9.90 Å². The highest BCUT2D eigenvalue weighted by molar-refractivity contribution is 6.04. The fraction of sp³-hybridized carbons (Fsp3) is 0.364. The Bertz CT molecular complexity index is 362. The largest absolute Gasteiger partial charge is 0.396 e. The van der Waals surface area contributed by atoms with E-state index in [-0.39, 0.29) is 18.4 Å². The zero-order chi connectivity index (χ0) is 10.1. The van der Waals surface area contributed by atoms with Crippen molar-refractivity contribution in [3.8, 4) is 0 Å². The quantitative estimate of drug-likeness (QED) is 0.761. The zero-order valence-electron chi connectivity index (χ0n) is 8.10. The highest BCUT2D eigenvalue weighted by atomic mass is 16.3. The number of amides is 1. The first-order valence-corrected chi connectivity index (χ1v) is 4.73. The first kappa shape index (κ1) is 9.21. The summed E-state index contributed by atoms with van der Waals surface area (Å²) in [6, 6.07) is 7.74. The number of carbonyl (C=O) groups excluding carboxylic acids is 1. The molecule has 0 aromatic heterocycles. The fourth-order valence-electron chi connectivity index (χ4n) is 1.98. The Hall–Kier alpha value is -1.35. The monoisotopic (exact) mass is 191 g/mol. The van der Waals surface area contributed by atoms with Crippen molar-refractivity contribution in [3.63, 3.8) is 0 Å². The number of rotatable bonds is 2. The molecular weight excluding hydrogens is 178 g/mol. The van der Waals surface area contributed by atoms with Gasteiger partial charge in [0, 0.05) is 19.3 Å². The van der Waals surface area contributed by atoms with Crippen LogP contribution in [0.2, 0.25) is 0 Å². The summed E-state index contributed by atoms with van der Waals surface area (Å²) in [6.07, 6.45) is 0.514.